The molecular formula is C15H20Cl2N2O3S. The van der Waals surface area contributed by atoms with Gasteiger partial charge >= 0.3 is 0 Å². The smallest absolute Gasteiger partial charge is 0.223 e. The summed E-state index contributed by atoms with van der Waals surface area (Å²) in [6.07, 6.45) is 1.08. The Balaban J connectivity index is 2.00. The summed E-state index contributed by atoms with van der Waals surface area (Å²) in [5.74, 6) is -0.264. The average molecular weight is 379 g/mol. The van der Waals surface area contributed by atoms with Crippen LogP contribution >= 0.6 is 23.2 Å². The third kappa shape index (κ3) is 4.83. The zero-order chi connectivity index (χ0) is 17.0. The third-order valence-electron chi connectivity index (χ3n) is 3.92. The van der Waals surface area contributed by atoms with Crippen LogP contribution in [-0.4, -0.2) is 38.3 Å². The van der Waals surface area contributed by atoms with E-state index in [2.05, 4.69) is 5.32 Å². The SMILES string of the molecule is CCNC(=O)C1CCN(S(=O)(=O)Cc2ccc(Cl)cc2Cl)CC1. The summed E-state index contributed by atoms with van der Waals surface area (Å²) >= 11 is 11.9. The van der Waals surface area contributed by atoms with Crippen molar-refractivity contribution in [1.29, 1.82) is 0 Å². The van der Waals surface area contributed by atoms with Crippen LogP contribution < -0.4 is 5.32 Å². The maximum atomic E-state index is 12.5. The largest absolute Gasteiger partial charge is 0.356 e. The molecule has 0 atom stereocenters. The Morgan fingerprint density at radius 2 is 1.96 bits per heavy atom. The van der Waals surface area contributed by atoms with Crippen LogP contribution in [0, 0.1) is 5.92 Å². The predicted molar refractivity (Wildman–Crippen MR) is 92.1 cm³/mol. The highest BCUT2D eigenvalue weighted by Gasteiger charge is 2.31. The molecule has 1 aliphatic rings. The normalized spacial score (nSPS) is 17.2. The van der Waals surface area contributed by atoms with Gasteiger partial charge < -0.3 is 5.32 Å². The minimum atomic E-state index is -3.46. The van der Waals surface area contributed by atoms with Crippen molar-refractivity contribution in [2.45, 2.75) is 25.5 Å². The highest BCUT2D eigenvalue weighted by atomic mass is 35.5. The van der Waals surface area contributed by atoms with Crippen LogP contribution in [0.3, 0.4) is 0 Å². The fourth-order valence-electron chi connectivity index (χ4n) is 2.64. The molecule has 1 fully saturated rings. The minimum absolute atomic E-state index is 0.00490. The average Bonchev–Trinajstić information content (AvgIpc) is 2.50. The van der Waals surface area contributed by atoms with Crippen LogP contribution in [0.1, 0.15) is 25.3 Å². The summed E-state index contributed by atoms with van der Waals surface area (Å²) < 4.78 is 26.5. The summed E-state index contributed by atoms with van der Waals surface area (Å²) in [4.78, 5) is 11.8. The molecule has 0 bridgehead atoms. The highest BCUT2D eigenvalue weighted by Crippen LogP contribution is 2.26. The molecule has 23 heavy (non-hydrogen) atoms. The predicted octanol–water partition coefficient (Wildman–Crippen LogP) is 2.67. The molecule has 0 radical (unpaired) electrons. The fourth-order valence-corrected chi connectivity index (χ4v) is 4.79. The number of carbonyl (C=O) groups is 1. The lowest BCUT2D eigenvalue weighted by Gasteiger charge is -2.30. The van der Waals surface area contributed by atoms with E-state index in [9.17, 15) is 13.2 Å². The molecule has 8 heteroatoms. The van der Waals surface area contributed by atoms with E-state index in [0.29, 0.717) is 48.1 Å². The Morgan fingerprint density at radius 3 is 2.52 bits per heavy atom. The van der Waals surface area contributed by atoms with E-state index in [-0.39, 0.29) is 17.6 Å². The molecule has 1 saturated heterocycles. The summed E-state index contributed by atoms with van der Waals surface area (Å²) in [6, 6.07) is 4.79. The molecular weight excluding hydrogens is 359 g/mol. The summed E-state index contributed by atoms with van der Waals surface area (Å²) in [5.41, 5.74) is 0.530. The van der Waals surface area contributed by atoms with Gasteiger partial charge in [-0.1, -0.05) is 29.3 Å². The van der Waals surface area contributed by atoms with E-state index in [1.807, 2.05) is 6.92 Å². The number of nitrogens with zero attached hydrogens (tertiary/aromatic N) is 1. The van der Waals surface area contributed by atoms with Crippen molar-refractivity contribution < 1.29 is 13.2 Å². The zero-order valence-electron chi connectivity index (χ0n) is 12.9. The molecule has 128 valence electrons. The standard InChI is InChI=1S/C15H20Cl2N2O3S/c1-2-18-15(20)11-5-7-19(8-6-11)23(21,22)10-12-3-4-13(16)9-14(12)17/h3-4,9,11H,2,5-8,10H2,1H3,(H,18,20). The van der Waals surface area contributed by atoms with Crippen LogP contribution in [0.25, 0.3) is 0 Å². The summed E-state index contributed by atoms with van der Waals surface area (Å²) in [7, 11) is -3.46. The first kappa shape index (κ1) is 18.5. The second kappa shape index (κ2) is 7.83. The lowest BCUT2D eigenvalue weighted by Crippen LogP contribution is -2.43. The molecule has 1 N–H and O–H groups in total. The van der Waals surface area contributed by atoms with E-state index >= 15 is 0 Å². The van der Waals surface area contributed by atoms with Crippen LogP contribution in [0.5, 0.6) is 0 Å². The van der Waals surface area contributed by atoms with Crippen molar-refractivity contribution in [3.8, 4) is 0 Å². The van der Waals surface area contributed by atoms with Gasteiger partial charge in [0.05, 0.1) is 5.75 Å². The Labute approximate surface area is 147 Å². The molecule has 0 spiro atoms. The molecule has 1 aromatic rings. The number of hydrogen-bond donors (Lipinski definition) is 1. The van der Waals surface area contributed by atoms with Gasteiger partial charge in [-0.15, -0.1) is 0 Å². The van der Waals surface area contributed by atoms with Crippen LogP contribution in [0.4, 0.5) is 0 Å². The number of amides is 1. The summed E-state index contributed by atoms with van der Waals surface area (Å²) in [6.45, 7) is 3.17. The van der Waals surface area contributed by atoms with Gasteiger partial charge in [-0.05, 0) is 37.5 Å². The van der Waals surface area contributed by atoms with Crippen molar-refractivity contribution in [3.05, 3.63) is 33.8 Å². The fraction of sp³-hybridized carbons (Fsp3) is 0.533. The van der Waals surface area contributed by atoms with Crippen molar-refractivity contribution in [3.63, 3.8) is 0 Å². The molecule has 1 heterocycles. The maximum Gasteiger partial charge on any atom is 0.223 e. The van der Waals surface area contributed by atoms with E-state index in [1.165, 1.54) is 10.4 Å². The number of hydrogen-bond acceptors (Lipinski definition) is 3. The number of carbonyl (C=O) groups excluding carboxylic acids is 1. The monoisotopic (exact) mass is 378 g/mol. The number of halogens is 2. The number of piperidine rings is 1. The molecule has 0 aliphatic carbocycles. The lowest BCUT2D eigenvalue weighted by atomic mass is 9.97. The number of sulfonamides is 1. The van der Waals surface area contributed by atoms with Crippen LogP contribution in [0.15, 0.2) is 18.2 Å². The van der Waals surface area contributed by atoms with Gasteiger partial charge in [-0.25, -0.2) is 12.7 Å². The van der Waals surface area contributed by atoms with Gasteiger partial charge in [0, 0.05) is 35.6 Å². The number of rotatable bonds is 5. The Bertz CT molecular complexity index is 671. The molecule has 2 rings (SSSR count). The van der Waals surface area contributed by atoms with Crippen molar-refractivity contribution >= 4 is 39.1 Å². The molecule has 1 aromatic carbocycles. The number of benzene rings is 1. The summed E-state index contributed by atoms with van der Waals surface area (Å²) in [5, 5.41) is 3.60. The highest BCUT2D eigenvalue weighted by molar-refractivity contribution is 7.88. The minimum Gasteiger partial charge on any atom is -0.356 e. The maximum absolute atomic E-state index is 12.5. The van der Waals surface area contributed by atoms with Crippen LogP contribution in [-0.2, 0) is 20.6 Å². The second-order valence-electron chi connectivity index (χ2n) is 5.56. The van der Waals surface area contributed by atoms with Gasteiger partial charge in [-0.2, -0.15) is 0 Å². The van der Waals surface area contributed by atoms with E-state index in [0.717, 1.165) is 0 Å². The van der Waals surface area contributed by atoms with Gasteiger partial charge in [-0.3, -0.25) is 4.79 Å². The third-order valence-corrected chi connectivity index (χ3v) is 6.34. The van der Waals surface area contributed by atoms with Crippen molar-refractivity contribution in [1.82, 2.24) is 9.62 Å². The quantitative estimate of drug-likeness (QED) is 0.856. The van der Waals surface area contributed by atoms with Gasteiger partial charge in [0.15, 0.2) is 0 Å². The molecule has 0 aromatic heterocycles. The van der Waals surface area contributed by atoms with E-state index < -0.39 is 10.0 Å². The molecule has 0 saturated carbocycles. The van der Waals surface area contributed by atoms with Crippen molar-refractivity contribution in [2.24, 2.45) is 5.92 Å². The second-order valence-corrected chi connectivity index (χ2v) is 8.37. The van der Waals surface area contributed by atoms with E-state index in [1.54, 1.807) is 12.1 Å². The first-order valence-electron chi connectivity index (χ1n) is 7.53. The Kier molecular flexibility index (Phi) is 6.31. The van der Waals surface area contributed by atoms with Gasteiger partial charge in [0.2, 0.25) is 15.9 Å². The molecule has 1 amide bonds. The first-order chi connectivity index (χ1) is 10.8. The first-order valence-corrected chi connectivity index (χ1v) is 9.89. The van der Waals surface area contributed by atoms with Gasteiger partial charge in [0.1, 0.15) is 0 Å². The number of nitrogens with one attached hydrogen (secondary N) is 1. The van der Waals surface area contributed by atoms with Crippen molar-refractivity contribution in [2.75, 3.05) is 19.6 Å². The molecule has 5 nitrogen and oxygen atoms in total. The van der Waals surface area contributed by atoms with Gasteiger partial charge in [0.25, 0.3) is 0 Å². The lowest BCUT2D eigenvalue weighted by molar-refractivity contribution is -0.126. The zero-order valence-corrected chi connectivity index (χ0v) is 15.2. The van der Waals surface area contributed by atoms with E-state index in [4.69, 9.17) is 23.2 Å². The topological polar surface area (TPSA) is 66.5 Å². The Hall–Kier alpha value is -0.820. The Morgan fingerprint density at radius 1 is 1.30 bits per heavy atom. The van der Waals surface area contributed by atoms with Crippen LogP contribution in [0.2, 0.25) is 10.0 Å². The molecule has 1 aliphatic heterocycles. The molecule has 0 unspecified atom stereocenters.